The number of unbranched alkanes of at least 4 members (excludes halogenated alkanes) is 3. The molecule has 0 saturated heterocycles. The van der Waals surface area contributed by atoms with E-state index in [0.29, 0.717) is 25.3 Å². The van der Waals surface area contributed by atoms with E-state index >= 15 is 0 Å². The van der Waals surface area contributed by atoms with Crippen LogP contribution in [-0.2, 0) is 29.5 Å². The van der Waals surface area contributed by atoms with Gasteiger partial charge in [-0.25, -0.2) is 0 Å². The molecule has 0 N–H and O–H groups in total. The number of hydrogen-bond acceptors (Lipinski definition) is 3. The van der Waals surface area contributed by atoms with E-state index in [1.54, 1.807) is 16.9 Å². The van der Waals surface area contributed by atoms with Crippen LogP contribution < -0.4 is 0 Å². The summed E-state index contributed by atoms with van der Waals surface area (Å²) in [4.78, 5) is 29.9. The highest BCUT2D eigenvalue weighted by Crippen LogP contribution is 2.14. The number of amides is 2. The van der Waals surface area contributed by atoms with Crippen LogP contribution in [0.4, 0.5) is 0 Å². The first-order valence-electron chi connectivity index (χ1n) is 12.1. The summed E-state index contributed by atoms with van der Waals surface area (Å²) in [5, 5.41) is 0. The van der Waals surface area contributed by atoms with Gasteiger partial charge in [-0.1, -0.05) is 38.3 Å². The third-order valence-electron chi connectivity index (χ3n) is 6.03. The van der Waals surface area contributed by atoms with Crippen LogP contribution in [0.3, 0.4) is 0 Å². The Morgan fingerprint density at radius 2 is 1.79 bits per heavy atom. The van der Waals surface area contributed by atoms with E-state index in [9.17, 15) is 9.59 Å². The number of aryl methyl sites for hydroxylation is 2. The molecule has 33 heavy (non-hydrogen) atoms. The molecule has 1 heterocycles. The highest BCUT2D eigenvalue weighted by molar-refractivity contribution is 5.96. The fourth-order valence-electron chi connectivity index (χ4n) is 3.82. The summed E-state index contributed by atoms with van der Waals surface area (Å²) in [6, 6.07) is 11.7. The van der Waals surface area contributed by atoms with Gasteiger partial charge in [0.25, 0.3) is 5.91 Å². The number of hydrogen-bond donors (Lipinski definition) is 0. The Morgan fingerprint density at radius 3 is 2.36 bits per heavy atom. The highest BCUT2D eigenvalue weighted by Gasteiger charge is 2.25. The lowest BCUT2D eigenvalue weighted by Crippen LogP contribution is -2.46. The van der Waals surface area contributed by atoms with Gasteiger partial charge in [0.1, 0.15) is 6.54 Å². The lowest BCUT2D eigenvalue weighted by atomic mass is 10.0. The Morgan fingerprint density at radius 1 is 1.06 bits per heavy atom. The average molecular weight is 456 g/mol. The zero-order valence-electron chi connectivity index (χ0n) is 21.0. The number of aromatic nitrogens is 1. The van der Waals surface area contributed by atoms with Crippen LogP contribution in [0.1, 0.15) is 68.1 Å². The molecule has 1 aromatic carbocycles. The number of carbonyl (C=O) groups excluding carboxylic acids is 2. The smallest absolute Gasteiger partial charge is 0.254 e. The third-order valence-corrected chi connectivity index (χ3v) is 6.03. The maximum absolute atomic E-state index is 13.3. The standard InChI is InChI=1S/C27H41N3O3/c1-6-7-8-9-11-23-13-15-24(16-14-23)27(32)30(22(2)3)21-26(31)29(18-19-33-5)20-25-12-10-17-28(25)4/h10,12-17,22H,6-9,11,18-21H2,1-5H3. The molecule has 0 aliphatic carbocycles. The van der Waals surface area contributed by atoms with Crippen LogP contribution in [0.5, 0.6) is 0 Å². The maximum atomic E-state index is 13.3. The molecule has 1 aromatic heterocycles. The van der Waals surface area contributed by atoms with E-state index < -0.39 is 0 Å². The van der Waals surface area contributed by atoms with Gasteiger partial charge in [-0.05, 0) is 56.5 Å². The number of benzene rings is 1. The van der Waals surface area contributed by atoms with Crippen LogP contribution in [0.2, 0.25) is 0 Å². The number of nitrogens with zero attached hydrogens (tertiary/aromatic N) is 3. The Labute approximate surface area is 199 Å². The summed E-state index contributed by atoms with van der Waals surface area (Å²) in [5.41, 5.74) is 2.92. The van der Waals surface area contributed by atoms with Crippen LogP contribution in [0, 0.1) is 0 Å². The van der Waals surface area contributed by atoms with Gasteiger partial charge in [0.2, 0.25) is 5.91 Å². The van der Waals surface area contributed by atoms with E-state index in [4.69, 9.17) is 4.74 Å². The van der Waals surface area contributed by atoms with Crippen molar-refractivity contribution < 1.29 is 14.3 Å². The van der Waals surface area contributed by atoms with Crippen molar-refractivity contribution in [3.63, 3.8) is 0 Å². The zero-order valence-corrected chi connectivity index (χ0v) is 21.0. The minimum atomic E-state index is -0.110. The lowest BCUT2D eigenvalue weighted by molar-refractivity contribution is -0.133. The molecular weight excluding hydrogens is 414 g/mol. The van der Waals surface area contributed by atoms with E-state index in [1.165, 1.54) is 31.2 Å². The number of rotatable bonds is 14. The molecule has 6 nitrogen and oxygen atoms in total. The minimum absolute atomic E-state index is 0.0450. The van der Waals surface area contributed by atoms with Gasteiger partial charge in [-0.15, -0.1) is 0 Å². The van der Waals surface area contributed by atoms with E-state index in [0.717, 1.165) is 12.1 Å². The fourth-order valence-corrected chi connectivity index (χ4v) is 3.82. The summed E-state index contributed by atoms with van der Waals surface area (Å²) in [6.07, 6.45) is 7.90. The molecule has 0 unspecified atom stereocenters. The highest BCUT2D eigenvalue weighted by atomic mass is 16.5. The number of ether oxygens (including phenoxy) is 1. The molecule has 0 radical (unpaired) electrons. The first-order valence-corrected chi connectivity index (χ1v) is 12.1. The van der Waals surface area contributed by atoms with E-state index in [1.807, 2.05) is 68.1 Å². The number of carbonyl (C=O) groups is 2. The molecule has 0 aliphatic rings. The molecule has 0 saturated carbocycles. The predicted molar refractivity (Wildman–Crippen MR) is 133 cm³/mol. The van der Waals surface area contributed by atoms with Crippen molar-refractivity contribution >= 4 is 11.8 Å². The van der Waals surface area contributed by atoms with Gasteiger partial charge in [0.15, 0.2) is 0 Å². The Balaban J connectivity index is 2.06. The molecule has 0 bridgehead atoms. The number of methoxy groups -OCH3 is 1. The minimum Gasteiger partial charge on any atom is -0.383 e. The summed E-state index contributed by atoms with van der Waals surface area (Å²) in [5.74, 6) is -0.190. The predicted octanol–water partition coefficient (Wildman–Crippen LogP) is 4.67. The van der Waals surface area contributed by atoms with Gasteiger partial charge in [-0.2, -0.15) is 0 Å². The normalized spacial score (nSPS) is 11.1. The van der Waals surface area contributed by atoms with Crippen LogP contribution >= 0.6 is 0 Å². The fraction of sp³-hybridized carbons (Fsp3) is 0.556. The third kappa shape index (κ3) is 8.35. The topological polar surface area (TPSA) is 54.8 Å². The van der Waals surface area contributed by atoms with E-state index in [2.05, 4.69) is 6.92 Å². The SMILES string of the molecule is CCCCCCc1ccc(C(=O)N(CC(=O)N(CCOC)Cc2cccn2C)C(C)C)cc1. The Hall–Kier alpha value is -2.60. The van der Waals surface area contributed by atoms with Crippen molar-refractivity contribution in [2.24, 2.45) is 7.05 Å². The van der Waals surface area contributed by atoms with Crippen LogP contribution in [0.25, 0.3) is 0 Å². The van der Waals surface area contributed by atoms with Crippen LogP contribution in [0.15, 0.2) is 42.6 Å². The zero-order chi connectivity index (χ0) is 24.2. The molecule has 2 aromatic rings. The van der Waals surface area contributed by atoms with Crippen molar-refractivity contribution in [3.8, 4) is 0 Å². The van der Waals surface area contributed by atoms with Crippen molar-refractivity contribution in [1.29, 1.82) is 0 Å². The van der Waals surface area contributed by atoms with Crippen molar-refractivity contribution in [3.05, 3.63) is 59.4 Å². The second kappa shape index (κ2) is 13.8. The second-order valence-electron chi connectivity index (χ2n) is 8.95. The summed E-state index contributed by atoms with van der Waals surface area (Å²) in [7, 11) is 3.59. The molecule has 2 amide bonds. The Bertz CT molecular complexity index is 858. The lowest BCUT2D eigenvalue weighted by Gasteiger charge is -2.30. The summed E-state index contributed by atoms with van der Waals surface area (Å²) >= 11 is 0. The monoisotopic (exact) mass is 455 g/mol. The van der Waals surface area contributed by atoms with Crippen molar-refractivity contribution in [2.45, 2.75) is 65.5 Å². The van der Waals surface area contributed by atoms with Gasteiger partial charge >= 0.3 is 0 Å². The maximum Gasteiger partial charge on any atom is 0.254 e. The largest absolute Gasteiger partial charge is 0.383 e. The quantitative estimate of drug-likeness (QED) is 0.389. The molecule has 2 rings (SSSR count). The summed E-state index contributed by atoms with van der Waals surface area (Å²) in [6.45, 7) is 7.57. The van der Waals surface area contributed by atoms with Gasteiger partial charge in [0, 0.05) is 44.2 Å². The van der Waals surface area contributed by atoms with Gasteiger partial charge < -0.3 is 19.1 Å². The van der Waals surface area contributed by atoms with Crippen molar-refractivity contribution in [1.82, 2.24) is 14.4 Å². The molecule has 0 fully saturated rings. The molecule has 0 spiro atoms. The van der Waals surface area contributed by atoms with Crippen LogP contribution in [-0.4, -0.2) is 59.0 Å². The second-order valence-corrected chi connectivity index (χ2v) is 8.95. The molecule has 0 aliphatic heterocycles. The first-order chi connectivity index (χ1) is 15.9. The first kappa shape index (κ1) is 26.7. The summed E-state index contributed by atoms with van der Waals surface area (Å²) < 4.78 is 7.21. The average Bonchev–Trinajstić information content (AvgIpc) is 3.21. The van der Waals surface area contributed by atoms with Crippen molar-refractivity contribution in [2.75, 3.05) is 26.8 Å². The Kier molecular flexibility index (Phi) is 11.2. The molecule has 0 atom stereocenters. The van der Waals surface area contributed by atoms with Gasteiger partial charge in [-0.3, -0.25) is 9.59 Å². The molecular formula is C27H41N3O3. The molecule has 182 valence electrons. The van der Waals surface area contributed by atoms with Gasteiger partial charge in [0.05, 0.1) is 13.2 Å². The van der Waals surface area contributed by atoms with E-state index in [-0.39, 0.29) is 24.4 Å². The molecule has 6 heteroatoms.